The van der Waals surface area contributed by atoms with Gasteiger partial charge in [0, 0.05) is 30.8 Å². The first-order valence-corrected chi connectivity index (χ1v) is 12.3. The second kappa shape index (κ2) is 11.2. The number of pyridine rings is 1. The fourth-order valence-electron chi connectivity index (χ4n) is 4.78. The van der Waals surface area contributed by atoms with E-state index in [0.29, 0.717) is 12.1 Å². The topological polar surface area (TPSA) is 80.9 Å². The Morgan fingerprint density at radius 2 is 1.88 bits per heavy atom. The van der Waals surface area contributed by atoms with Gasteiger partial charge in [0.2, 0.25) is 0 Å². The molecule has 0 atom stereocenters. The number of carboxylic acids is 1. The van der Waals surface area contributed by atoms with Crippen molar-refractivity contribution in [2.45, 2.75) is 77.7 Å². The molecule has 1 saturated carbocycles. The molecule has 0 unspecified atom stereocenters. The number of hydrogen-bond donors (Lipinski definition) is 1. The van der Waals surface area contributed by atoms with Crippen molar-refractivity contribution in [3.8, 4) is 11.1 Å². The third kappa shape index (κ3) is 6.06. The van der Waals surface area contributed by atoms with E-state index in [0.717, 1.165) is 48.0 Å². The van der Waals surface area contributed by atoms with Gasteiger partial charge in [-0.05, 0) is 29.5 Å². The Hall–Kier alpha value is -3.02. The zero-order valence-corrected chi connectivity index (χ0v) is 19.5. The number of nitrogens with zero attached hydrogens (tertiary/aromatic N) is 4. The highest BCUT2D eigenvalue weighted by molar-refractivity contribution is 5.95. The van der Waals surface area contributed by atoms with E-state index in [2.05, 4.69) is 16.6 Å². The molecule has 6 heteroatoms. The zero-order chi connectivity index (χ0) is 23.0. The molecular formula is C27H34N4O2. The molecule has 0 spiro atoms. The van der Waals surface area contributed by atoms with E-state index in [1.807, 2.05) is 24.3 Å². The van der Waals surface area contributed by atoms with Gasteiger partial charge in [-0.15, -0.1) is 0 Å². The summed E-state index contributed by atoms with van der Waals surface area (Å²) in [4.78, 5) is 20.6. The van der Waals surface area contributed by atoms with E-state index < -0.39 is 5.97 Å². The number of carboxylic acid groups (broad SMARTS) is 1. The zero-order valence-electron chi connectivity index (χ0n) is 19.5. The standard InChI is InChI=1S/C27H34N4O2/c1-2-3-5-10-26-29-25(17-20-8-6-4-7-9-20)30-31(26)19-21-11-13-22(14-12-21)24-18-28-16-15-23(24)27(32)33/h11-16,18,20H,2-10,17,19H2,1H3,(H,32,33). The Morgan fingerprint density at radius 3 is 2.61 bits per heavy atom. The predicted molar refractivity (Wildman–Crippen MR) is 129 cm³/mol. The molecule has 0 saturated heterocycles. The summed E-state index contributed by atoms with van der Waals surface area (Å²) in [6.07, 6.45) is 15.2. The monoisotopic (exact) mass is 446 g/mol. The van der Waals surface area contributed by atoms with Crippen LogP contribution >= 0.6 is 0 Å². The van der Waals surface area contributed by atoms with Crippen molar-refractivity contribution in [3.63, 3.8) is 0 Å². The van der Waals surface area contributed by atoms with Crippen molar-refractivity contribution in [1.29, 1.82) is 0 Å². The summed E-state index contributed by atoms with van der Waals surface area (Å²) in [6, 6.07) is 9.57. The summed E-state index contributed by atoms with van der Waals surface area (Å²) in [5.41, 5.74) is 2.88. The summed E-state index contributed by atoms with van der Waals surface area (Å²) >= 11 is 0. The number of benzene rings is 1. The van der Waals surface area contributed by atoms with Gasteiger partial charge in [-0.1, -0.05) is 76.1 Å². The van der Waals surface area contributed by atoms with Crippen molar-refractivity contribution in [2.24, 2.45) is 5.92 Å². The van der Waals surface area contributed by atoms with Gasteiger partial charge in [0.15, 0.2) is 5.82 Å². The van der Waals surface area contributed by atoms with Crippen LogP contribution in [0.2, 0.25) is 0 Å². The molecule has 1 fully saturated rings. The Kier molecular flexibility index (Phi) is 7.87. The lowest BCUT2D eigenvalue weighted by Crippen LogP contribution is -2.11. The fraction of sp³-hybridized carbons (Fsp3) is 0.481. The highest BCUT2D eigenvalue weighted by atomic mass is 16.4. The average molecular weight is 447 g/mol. The Bertz CT molecular complexity index is 1050. The molecule has 4 rings (SSSR count). The number of aryl methyl sites for hydroxylation is 1. The summed E-state index contributed by atoms with van der Waals surface area (Å²) < 4.78 is 2.08. The molecular weight excluding hydrogens is 412 g/mol. The maximum absolute atomic E-state index is 11.5. The maximum atomic E-state index is 11.5. The highest BCUT2D eigenvalue weighted by Crippen LogP contribution is 2.27. The summed E-state index contributed by atoms with van der Waals surface area (Å²) in [7, 11) is 0. The van der Waals surface area contributed by atoms with Crippen molar-refractivity contribution < 1.29 is 9.90 Å². The number of aromatic carboxylic acids is 1. The van der Waals surface area contributed by atoms with E-state index in [9.17, 15) is 9.90 Å². The van der Waals surface area contributed by atoms with Gasteiger partial charge in [0.05, 0.1) is 12.1 Å². The number of rotatable bonds is 10. The normalized spacial score (nSPS) is 14.5. The second-order valence-corrected chi connectivity index (χ2v) is 9.19. The van der Waals surface area contributed by atoms with Crippen molar-refractivity contribution in [3.05, 3.63) is 65.5 Å². The van der Waals surface area contributed by atoms with E-state index in [1.165, 1.54) is 57.2 Å². The maximum Gasteiger partial charge on any atom is 0.336 e. The highest BCUT2D eigenvalue weighted by Gasteiger charge is 2.18. The van der Waals surface area contributed by atoms with Gasteiger partial charge in [0.25, 0.3) is 0 Å². The van der Waals surface area contributed by atoms with Crippen LogP contribution in [0.25, 0.3) is 11.1 Å². The minimum atomic E-state index is -0.943. The van der Waals surface area contributed by atoms with Crippen LogP contribution in [0, 0.1) is 5.92 Å². The first-order valence-electron chi connectivity index (χ1n) is 12.3. The fourth-order valence-corrected chi connectivity index (χ4v) is 4.78. The molecule has 1 N–H and O–H groups in total. The van der Waals surface area contributed by atoms with Crippen LogP contribution in [-0.4, -0.2) is 30.8 Å². The lowest BCUT2D eigenvalue weighted by molar-refractivity contribution is 0.0697. The van der Waals surface area contributed by atoms with Crippen LogP contribution in [0.5, 0.6) is 0 Å². The third-order valence-electron chi connectivity index (χ3n) is 6.64. The number of carbonyl (C=O) groups is 1. The molecule has 1 aliphatic carbocycles. The molecule has 33 heavy (non-hydrogen) atoms. The molecule has 0 radical (unpaired) electrons. The van der Waals surface area contributed by atoms with E-state index in [-0.39, 0.29) is 5.56 Å². The molecule has 1 aliphatic rings. The third-order valence-corrected chi connectivity index (χ3v) is 6.64. The van der Waals surface area contributed by atoms with E-state index in [1.54, 1.807) is 6.20 Å². The van der Waals surface area contributed by atoms with Crippen LogP contribution < -0.4 is 0 Å². The number of unbranched alkanes of at least 4 members (excludes halogenated alkanes) is 2. The largest absolute Gasteiger partial charge is 0.478 e. The number of hydrogen-bond acceptors (Lipinski definition) is 4. The molecule has 174 valence electrons. The molecule has 3 aromatic rings. The second-order valence-electron chi connectivity index (χ2n) is 9.19. The van der Waals surface area contributed by atoms with Gasteiger partial charge < -0.3 is 5.11 Å². The molecule has 0 amide bonds. The van der Waals surface area contributed by atoms with Crippen molar-refractivity contribution in [2.75, 3.05) is 0 Å². The van der Waals surface area contributed by atoms with Crippen LogP contribution in [0.3, 0.4) is 0 Å². The molecule has 2 heterocycles. The molecule has 0 aliphatic heterocycles. The Balaban J connectivity index is 1.51. The first kappa shape index (κ1) is 23.1. The lowest BCUT2D eigenvalue weighted by Gasteiger charge is -2.19. The molecule has 1 aromatic carbocycles. The van der Waals surface area contributed by atoms with Crippen LogP contribution in [0.4, 0.5) is 0 Å². The Morgan fingerprint density at radius 1 is 1.09 bits per heavy atom. The van der Waals surface area contributed by atoms with Crippen molar-refractivity contribution in [1.82, 2.24) is 19.7 Å². The summed E-state index contributed by atoms with van der Waals surface area (Å²) in [5.74, 6) is 1.85. The van der Waals surface area contributed by atoms with E-state index in [4.69, 9.17) is 10.1 Å². The molecule has 2 aromatic heterocycles. The van der Waals surface area contributed by atoms with Crippen LogP contribution in [0.15, 0.2) is 42.7 Å². The van der Waals surface area contributed by atoms with Gasteiger partial charge >= 0.3 is 5.97 Å². The van der Waals surface area contributed by atoms with Crippen molar-refractivity contribution >= 4 is 5.97 Å². The summed E-state index contributed by atoms with van der Waals surface area (Å²) in [6.45, 7) is 2.90. The minimum absolute atomic E-state index is 0.264. The summed E-state index contributed by atoms with van der Waals surface area (Å²) in [5, 5.41) is 14.4. The quantitative estimate of drug-likeness (QED) is 0.390. The smallest absolute Gasteiger partial charge is 0.336 e. The predicted octanol–water partition coefficient (Wildman–Crippen LogP) is 5.94. The minimum Gasteiger partial charge on any atom is -0.478 e. The Labute approximate surface area is 196 Å². The van der Waals surface area contributed by atoms with Gasteiger partial charge in [-0.2, -0.15) is 5.10 Å². The SMILES string of the molecule is CCCCCc1nc(CC2CCCCC2)nn1Cc1ccc(-c2cnccc2C(=O)O)cc1. The lowest BCUT2D eigenvalue weighted by atomic mass is 9.87. The van der Waals surface area contributed by atoms with E-state index >= 15 is 0 Å². The first-order chi connectivity index (χ1) is 16.1. The van der Waals surface area contributed by atoms with Gasteiger partial charge in [-0.3, -0.25) is 4.98 Å². The molecule has 0 bridgehead atoms. The average Bonchev–Trinajstić information content (AvgIpc) is 3.21. The van der Waals surface area contributed by atoms with Gasteiger partial charge in [-0.25, -0.2) is 14.5 Å². The molecule has 6 nitrogen and oxygen atoms in total. The van der Waals surface area contributed by atoms with Crippen LogP contribution in [0.1, 0.15) is 85.9 Å². The van der Waals surface area contributed by atoms with Gasteiger partial charge in [0.1, 0.15) is 5.82 Å². The van der Waals surface area contributed by atoms with Crippen LogP contribution in [-0.2, 0) is 19.4 Å². The number of aromatic nitrogens is 4.